The number of amides is 2. The van der Waals surface area contributed by atoms with Crippen molar-refractivity contribution >= 4 is 12.0 Å². The van der Waals surface area contributed by atoms with Crippen LogP contribution >= 0.6 is 0 Å². The molecule has 4 atom stereocenters. The zero-order valence-electron chi connectivity index (χ0n) is 25.9. The first-order valence-electron chi connectivity index (χ1n) is 14.2. The first-order chi connectivity index (χ1) is 18.8. The summed E-state index contributed by atoms with van der Waals surface area (Å²) in [7, 11) is 0. The Bertz CT molecular complexity index is 1040. The van der Waals surface area contributed by atoms with Crippen LogP contribution in [0.3, 0.4) is 0 Å². The zero-order chi connectivity index (χ0) is 31.1. The quantitative estimate of drug-likeness (QED) is 0.360. The summed E-state index contributed by atoms with van der Waals surface area (Å²) in [6.45, 7) is 17.2. The molecule has 0 bridgehead atoms. The number of hydrogen-bond donors (Lipinski definition) is 2. The molecule has 10 heteroatoms. The van der Waals surface area contributed by atoms with Crippen molar-refractivity contribution in [2.45, 2.75) is 105 Å². The van der Waals surface area contributed by atoms with Gasteiger partial charge in [-0.15, -0.1) is 0 Å². The van der Waals surface area contributed by atoms with E-state index in [2.05, 4.69) is 5.32 Å². The first kappa shape index (κ1) is 34.6. The van der Waals surface area contributed by atoms with Gasteiger partial charge in [-0.25, -0.2) is 13.6 Å². The number of carbonyl (C=O) groups excluding carboxylic acids is 2. The van der Waals surface area contributed by atoms with E-state index in [9.17, 15) is 23.5 Å². The van der Waals surface area contributed by atoms with E-state index in [0.29, 0.717) is 24.5 Å². The minimum absolute atomic E-state index is 0.0186. The fraction of sp³-hybridized carbons (Fsp3) is 0.677. The second-order valence-corrected chi connectivity index (χ2v) is 13.4. The Kier molecular flexibility index (Phi) is 12.3. The van der Waals surface area contributed by atoms with E-state index >= 15 is 0 Å². The number of allylic oxidation sites excluding steroid dienone is 1. The Hall–Kier alpha value is -2.56. The molecule has 0 aliphatic carbocycles. The number of benzene rings is 1. The third-order valence-corrected chi connectivity index (χ3v) is 6.28. The van der Waals surface area contributed by atoms with Crippen LogP contribution in [0.15, 0.2) is 29.8 Å². The van der Waals surface area contributed by atoms with Crippen LogP contribution in [0.2, 0.25) is 0 Å². The smallest absolute Gasteiger partial charge is 0.410 e. The fourth-order valence-corrected chi connectivity index (χ4v) is 4.20. The molecule has 1 aromatic rings. The minimum Gasteiger partial charge on any atom is -0.444 e. The monoisotopic (exact) mass is 582 g/mol. The topological polar surface area (TPSA) is 97.3 Å². The molecule has 41 heavy (non-hydrogen) atoms. The lowest BCUT2D eigenvalue weighted by molar-refractivity contribution is -0.211. The average Bonchev–Trinajstić information content (AvgIpc) is 2.82. The van der Waals surface area contributed by atoms with Crippen molar-refractivity contribution in [2.75, 3.05) is 19.8 Å². The lowest BCUT2D eigenvalue weighted by Crippen LogP contribution is -2.63. The summed E-state index contributed by atoms with van der Waals surface area (Å²) < 4.78 is 45.5. The molecule has 0 radical (unpaired) electrons. The summed E-state index contributed by atoms with van der Waals surface area (Å²) in [5, 5.41) is 14.5. The molecular formula is C31H48F2N2O6. The number of rotatable bonds is 10. The number of hydrogen-bond acceptors (Lipinski definition) is 6. The molecule has 2 rings (SSSR count). The first-order valence-corrected chi connectivity index (χ1v) is 14.2. The molecule has 1 aromatic carbocycles. The Labute approximate surface area is 243 Å². The van der Waals surface area contributed by atoms with E-state index in [1.807, 2.05) is 34.6 Å². The van der Waals surface area contributed by atoms with Gasteiger partial charge in [-0.05, 0) is 69.6 Å². The van der Waals surface area contributed by atoms with Crippen molar-refractivity contribution in [3.05, 3.63) is 47.0 Å². The van der Waals surface area contributed by atoms with Crippen molar-refractivity contribution in [3.8, 4) is 0 Å². The van der Waals surface area contributed by atoms with Gasteiger partial charge in [0.05, 0.1) is 37.9 Å². The van der Waals surface area contributed by atoms with Gasteiger partial charge in [0.25, 0.3) is 0 Å². The van der Waals surface area contributed by atoms with Gasteiger partial charge < -0.3 is 24.6 Å². The summed E-state index contributed by atoms with van der Waals surface area (Å²) in [5.74, 6) is -1.64. The number of morpholine rings is 1. The molecule has 1 aliphatic rings. The molecule has 0 aromatic heterocycles. The van der Waals surface area contributed by atoms with Crippen LogP contribution in [0.4, 0.5) is 13.6 Å². The normalized spacial score (nSPS) is 20.1. The molecule has 0 unspecified atom stereocenters. The third-order valence-electron chi connectivity index (χ3n) is 6.28. The Morgan fingerprint density at radius 3 is 2.29 bits per heavy atom. The largest absolute Gasteiger partial charge is 0.444 e. The Morgan fingerprint density at radius 1 is 1.15 bits per heavy atom. The van der Waals surface area contributed by atoms with Crippen LogP contribution in [0.1, 0.15) is 74.3 Å². The van der Waals surface area contributed by atoms with E-state index < -0.39 is 53.7 Å². The molecule has 0 saturated carbocycles. The second-order valence-electron chi connectivity index (χ2n) is 13.4. The molecule has 2 N–H and O–H groups in total. The molecular weight excluding hydrogens is 534 g/mol. The summed E-state index contributed by atoms with van der Waals surface area (Å²) in [6, 6.07) is 1.09. The Balaban J connectivity index is 2.39. The molecule has 1 heterocycles. The van der Waals surface area contributed by atoms with Gasteiger partial charge in [-0.1, -0.05) is 40.7 Å². The molecule has 1 aliphatic heterocycles. The van der Waals surface area contributed by atoms with Crippen molar-refractivity contribution in [3.63, 3.8) is 0 Å². The number of halogens is 2. The summed E-state index contributed by atoms with van der Waals surface area (Å²) in [5.41, 5.74) is -0.270. The van der Waals surface area contributed by atoms with Crippen molar-refractivity contribution in [1.29, 1.82) is 0 Å². The number of nitrogens with one attached hydrogen (secondary N) is 1. The van der Waals surface area contributed by atoms with Gasteiger partial charge in [0, 0.05) is 11.6 Å². The van der Waals surface area contributed by atoms with E-state index in [0.717, 1.165) is 18.2 Å². The minimum atomic E-state index is -1.38. The van der Waals surface area contributed by atoms with Crippen molar-refractivity contribution in [2.24, 2.45) is 11.3 Å². The fourth-order valence-electron chi connectivity index (χ4n) is 4.20. The third kappa shape index (κ3) is 12.1. The zero-order valence-corrected chi connectivity index (χ0v) is 25.9. The SMILES string of the molecule is CC(=CCC(C)C)C(=O)N[C@@H](Cc1cc(F)cc(F)c1)[C@H](O)[C@H]1CO[C@@H](OCC(C)(C)C)CN1C(=O)OC(C)(C)C. The number of aliphatic hydroxyl groups excluding tert-OH is 1. The maximum atomic E-state index is 14.0. The number of aliphatic hydroxyl groups is 1. The summed E-state index contributed by atoms with van der Waals surface area (Å²) >= 11 is 0. The van der Waals surface area contributed by atoms with Crippen LogP contribution < -0.4 is 5.32 Å². The highest BCUT2D eigenvalue weighted by Crippen LogP contribution is 2.24. The highest BCUT2D eigenvalue weighted by Gasteiger charge is 2.42. The van der Waals surface area contributed by atoms with Crippen LogP contribution in [-0.4, -0.2) is 71.8 Å². The maximum Gasteiger partial charge on any atom is 0.410 e. The average molecular weight is 583 g/mol. The highest BCUT2D eigenvalue weighted by molar-refractivity contribution is 5.93. The molecule has 8 nitrogen and oxygen atoms in total. The van der Waals surface area contributed by atoms with Gasteiger partial charge in [0.15, 0.2) is 6.29 Å². The van der Waals surface area contributed by atoms with E-state index in [1.165, 1.54) is 4.90 Å². The predicted octanol–water partition coefficient (Wildman–Crippen LogP) is 5.37. The van der Waals surface area contributed by atoms with Gasteiger partial charge in [0.2, 0.25) is 5.91 Å². The van der Waals surface area contributed by atoms with Gasteiger partial charge in [-0.3, -0.25) is 9.69 Å². The van der Waals surface area contributed by atoms with Gasteiger partial charge in [-0.2, -0.15) is 0 Å². The number of carbonyl (C=O) groups is 2. The van der Waals surface area contributed by atoms with Gasteiger partial charge >= 0.3 is 6.09 Å². The van der Waals surface area contributed by atoms with E-state index in [1.54, 1.807) is 33.8 Å². The van der Waals surface area contributed by atoms with Crippen LogP contribution in [0.25, 0.3) is 0 Å². The number of ether oxygens (including phenoxy) is 3. The van der Waals surface area contributed by atoms with Crippen LogP contribution in [0.5, 0.6) is 0 Å². The van der Waals surface area contributed by atoms with Crippen LogP contribution in [0, 0.1) is 23.0 Å². The van der Waals surface area contributed by atoms with Gasteiger partial charge in [0.1, 0.15) is 17.2 Å². The lowest BCUT2D eigenvalue weighted by atomic mass is 9.94. The molecule has 1 saturated heterocycles. The molecule has 232 valence electrons. The molecule has 1 fully saturated rings. The standard InChI is InChI=1S/C31H48F2N2O6/c1-19(2)10-11-20(3)28(37)34-24(14-21-12-22(32)15-23(33)13-21)27(36)25-17-39-26(40-18-30(4,5)6)16-35(25)29(38)41-31(7,8)9/h11-13,15,19,24-27,36H,10,14,16-18H2,1-9H3,(H,34,37)/t24-,25+,26-,27-/m0/s1. The van der Waals surface area contributed by atoms with Crippen molar-refractivity contribution < 1.29 is 37.7 Å². The highest BCUT2D eigenvalue weighted by atomic mass is 19.1. The van der Waals surface area contributed by atoms with E-state index in [-0.39, 0.29) is 30.6 Å². The lowest BCUT2D eigenvalue weighted by Gasteiger charge is -2.43. The second kappa shape index (κ2) is 14.6. The predicted molar refractivity (Wildman–Crippen MR) is 153 cm³/mol. The summed E-state index contributed by atoms with van der Waals surface area (Å²) in [6.07, 6.45) is -0.415. The maximum absolute atomic E-state index is 14.0. The molecule has 2 amide bonds. The summed E-state index contributed by atoms with van der Waals surface area (Å²) in [4.78, 5) is 27.8. The Morgan fingerprint density at radius 2 is 1.76 bits per heavy atom. The molecule has 0 spiro atoms. The van der Waals surface area contributed by atoms with Crippen LogP contribution in [-0.2, 0) is 25.4 Å². The van der Waals surface area contributed by atoms with Crippen molar-refractivity contribution in [1.82, 2.24) is 10.2 Å². The van der Waals surface area contributed by atoms with E-state index in [4.69, 9.17) is 14.2 Å². The number of nitrogens with zero attached hydrogens (tertiary/aromatic N) is 1.